The second kappa shape index (κ2) is 15.1. The zero-order valence-corrected chi connectivity index (χ0v) is 25.3. The van der Waals surface area contributed by atoms with Crippen LogP contribution < -0.4 is 0 Å². The zero-order valence-electron chi connectivity index (χ0n) is 25.3. The Balaban J connectivity index is 1.28. The van der Waals surface area contributed by atoms with Crippen molar-refractivity contribution in [3.63, 3.8) is 0 Å². The molecule has 230 valence electrons. The van der Waals surface area contributed by atoms with Gasteiger partial charge in [0.15, 0.2) is 6.29 Å². The third kappa shape index (κ3) is 8.63. The van der Waals surface area contributed by atoms with Crippen LogP contribution in [0.2, 0.25) is 0 Å². The highest BCUT2D eigenvalue weighted by Crippen LogP contribution is 2.43. The van der Waals surface area contributed by atoms with Crippen LogP contribution in [0.3, 0.4) is 0 Å². The summed E-state index contributed by atoms with van der Waals surface area (Å²) < 4.78 is 39.8. The minimum atomic E-state index is -0.645. The molecular formula is C38H42O6. The largest absolute Gasteiger partial charge is 0.374 e. The Morgan fingerprint density at radius 2 is 0.955 bits per heavy atom. The van der Waals surface area contributed by atoms with Crippen molar-refractivity contribution in [3.8, 4) is 0 Å². The molecule has 1 heterocycles. The van der Waals surface area contributed by atoms with E-state index >= 15 is 0 Å². The molecule has 1 aliphatic heterocycles. The number of benzene rings is 4. The van der Waals surface area contributed by atoms with Gasteiger partial charge in [0.25, 0.3) is 0 Å². The van der Waals surface area contributed by atoms with Crippen molar-refractivity contribution in [1.82, 2.24) is 0 Å². The highest BCUT2D eigenvalue weighted by Gasteiger charge is 2.52. The van der Waals surface area contributed by atoms with Crippen molar-refractivity contribution in [2.24, 2.45) is 0 Å². The molecule has 4 aromatic carbocycles. The standard InChI is InChI=1S/C38H42O6/c1-38(22-23-38)44-37-36(42-27-32-20-12-5-13-21-32)35(41-26-31-18-10-4-11-19-31)34(40-25-30-16-8-3-9-17-30)33(43-37)28-39-24-29-14-6-2-7-15-29/h2-21,33-37H,22-28H2,1H3/t33-,34-,35+,36-,37-/m1/s1. The van der Waals surface area contributed by atoms with Gasteiger partial charge in [0.2, 0.25) is 0 Å². The van der Waals surface area contributed by atoms with Gasteiger partial charge in [-0.15, -0.1) is 0 Å². The summed E-state index contributed by atoms with van der Waals surface area (Å²) in [5.74, 6) is 0. The molecule has 0 bridgehead atoms. The molecule has 0 unspecified atom stereocenters. The molecule has 0 spiro atoms. The predicted molar refractivity (Wildman–Crippen MR) is 169 cm³/mol. The Morgan fingerprint density at radius 1 is 0.545 bits per heavy atom. The Labute approximate surface area is 260 Å². The van der Waals surface area contributed by atoms with Crippen molar-refractivity contribution in [1.29, 1.82) is 0 Å². The third-order valence-corrected chi connectivity index (χ3v) is 8.20. The van der Waals surface area contributed by atoms with E-state index in [-0.39, 0.29) is 5.60 Å². The maximum Gasteiger partial charge on any atom is 0.187 e. The number of hydrogen-bond acceptors (Lipinski definition) is 6. The first-order valence-corrected chi connectivity index (χ1v) is 15.6. The molecule has 1 aliphatic carbocycles. The molecule has 44 heavy (non-hydrogen) atoms. The lowest BCUT2D eigenvalue weighted by Gasteiger charge is -2.46. The molecule has 1 saturated heterocycles. The fraction of sp³-hybridized carbons (Fsp3) is 0.368. The molecule has 0 radical (unpaired) electrons. The summed E-state index contributed by atoms with van der Waals surface area (Å²) in [7, 11) is 0. The van der Waals surface area contributed by atoms with Crippen molar-refractivity contribution in [3.05, 3.63) is 144 Å². The maximum absolute atomic E-state index is 6.77. The van der Waals surface area contributed by atoms with Gasteiger partial charge in [0, 0.05) is 0 Å². The van der Waals surface area contributed by atoms with E-state index in [0.717, 1.165) is 35.1 Å². The summed E-state index contributed by atoms with van der Waals surface area (Å²) in [5, 5.41) is 0. The lowest BCUT2D eigenvalue weighted by Crippen LogP contribution is -2.62. The Hall–Kier alpha value is -3.36. The molecule has 4 aromatic rings. The Morgan fingerprint density at radius 3 is 1.41 bits per heavy atom. The molecule has 1 saturated carbocycles. The van der Waals surface area contributed by atoms with Crippen LogP contribution in [0.15, 0.2) is 121 Å². The zero-order chi connectivity index (χ0) is 30.0. The summed E-state index contributed by atoms with van der Waals surface area (Å²) in [6.07, 6.45) is -0.590. The first kappa shape index (κ1) is 30.7. The van der Waals surface area contributed by atoms with Gasteiger partial charge < -0.3 is 28.4 Å². The first-order valence-electron chi connectivity index (χ1n) is 15.6. The van der Waals surface area contributed by atoms with Crippen molar-refractivity contribution in [2.45, 2.75) is 82.5 Å². The molecule has 0 N–H and O–H groups in total. The van der Waals surface area contributed by atoms with Crippen LogP contribution in [-0.2, 0) is 54.8 Å². The van der Waals surface area contributed by atoms with Gasteiger partial charge in [-0.2, -0.15) is 0 Å². The highest BCUT2D eigenvalue weighted by molar-refractivity contribution is 5.16. The highest BCUT2D eigenvalue weighted by atomic mass is 16.7. The summed E-state index contributed by atoms with van der Waals surface area (Å²) in [5.41, 5.74) is 4.08. The molecule has 2 fully saturated rings. The molecule has 2 aliphatic rings. The number of ether oxygens (including phenoxy) is 6. The van der Waals surface area contributed by atoms with Crippen LogP contribution in [0.5, 0.6) is 0 Å². The van der Waals surface area contributed by atoms with Gasteiger partial charge in [-0.05, 0) is 42.0 Å². The first-order chi connectivity index (χ1) is 21.7. The summed E-state index contributed by atoms with van der Waals surface area (Å²) in [6.45, 7) is 4.13. The van der Waals surface area contributed by atoms with E-state index in [0.29, 0.717) is 33.0 Å². The van der Waals surface area contributed by atoms with Crippen LogP contribution in [0.1, 0.15) is 42.0 Å². The molecule has 6 heteroatoms. The van der Waals surface area contributed by atoms with E-state index in [9.17, 15) is 0 Å². The monoisotopic (exact) mass is 594 g/mol. The van der Waals surface area contributed by atoms with E-state index in [1.165, 1.54) is 0 Å². The maximum atomic E-state index is 6.77. The van der Waals surface area contributed by atoms with Gasteiger partial charge >= 0.3 is 0 Å². The fourth-order valence-corrected chi connectivity index (χ4v) is 5.42. The van der Waals surface area contributed by atoms with Crippen LogP contribution in [0, 0.1) is 0 Å². The smallest absolute Gasteiger partial charge is 0.187 e. The molecule has 5 atom stereocenters. The summed E-state index contributed by atoms with van der Waals surface area (Å²) in [4.78, 5) is 0. The fourth-order valence-electron chi connectivity index (χ4n) is 5.42. The second-order valence-corrected chi connectivity index (χ2v) is 11.9. The van der Waals surface area contributed by atoms with Crippen LogP contribution in [-0.4, -0.2) is 42.9 Å². The van der Waals surface area contributed by atoms with Crippen LogP contribution in [0.4, 0.5) is 0 Å². The molecular weight excluding hydrogens is 552 g/mol. The minimum absolute atomic E-state index is 0.240. The normalized spacial score (nSPS) is 24.2. The molecule has 6 nitrogen and oxygen atoms in total. The van der Waals surface area contributed by atoms with Gasteiger partial charge in [-0.1, -0.05) is 121 Å². The molecule has 0 amide bonds. The van der Waals surface area contributed by atoms with E-state index in [2.05, 4.69) is 55.5 Å². The quantitative estimate of drug-likeness (QED) is 0.145. The average Bonchev–Trinajstić information content (AvgIpc) is 3.80. The summed E-state index contributed by atoms with van der Waals surface area (Å²) >= 11 is 0. The molecule has 6 rings (SSSR count). The van der Waals surface area contributed by atoms with E-state index in [4.69, 9.17) is 28.4 Å². The van der Waals surface area contributed by atoms with Gasteiger partial charge in [-0.25, -0.2) is 0 Å². The van der Waals surface area contributed by atoms with Crippen molar-refractivity contribution < 1.29 is 28.4 Å². The lowest BCUT2D eigenvalue weighted by molar-refractivity contribution is -0.338. The molecule has 0 aromatic heterocycles. The van der Waals surface area contributed by atoms with Crippen LogP contribution in [0.25, 0.3) is 0 Å². The number of rotatable bonds is 15. The van der Waals surface area contributed by atoms with E-state index in [1.54, 1.807) is 0 Å². The summed E-state index contributed by atoms with van der Waals surface area (Å²) in [6, 6.07) is 40.7. The third-order valence-electron chi connectivity index (χ3n) is 8.20. The van der Waals surface area contributed by atoms with E-state index < -0.39 is 30.7 Å². The topological polar surface area (TPSA) is 55.4 Å². The van der Waals surface area contributed by atoms with Gasteiger partial charge in [0.05, 0.1) is 38.6 Å². The van der Waals surface area contributed by atoms with Gasteiger partial charge in [-0.3, -0.25) is 0 Å². The lowest BCUT2D eigenvalue weighted by atomic mass is 9.97. The van der Waals surface area contributed by atoms with Crippen molar-refractivity contribution >= 4 is 0 Å². The second-order valence-electron chi connectivity index (χ2n) is 11.9. The van der Waals surface area contributed by atoms with Crippen LogP contribution >= 0.6 is 0 Å². The average molecular weight is 595 g/mol. The van der Waals surface area contributed by atoms with Crippen molar-refractivity contribution in [2.75, 3.05) is 6.61 Å². The SMILES string of the molecule is CC1(O[C@H]2O[C@H](COCc3ccccc3)[C@@H](OCc3ccccc3)[C@H](OCc3ccccc3)[C@H]2OCc2ccccc2)CC1. The predicted octanol–water partition coefficient (Wildman–Crippen LogP) is 7.25. The van der Waals surface area contributed by atoms with E-state index in [1.807, 2.05) is 72.8 Å². The van der Waals surface area contributed by atoms with Gasteiger partial charge in [0.1, 0.15) is 24.4 Å². The minimum Gasteiger partial charge on any atom is -0.374 e. The Kier molecular flexibility index (Phi) is 10.5. The number of hydrogen-bond donors (Lipinski definition) is 0. The Bertz CT molecular complexity index is 1380.